The number of fused-ring (bicyclic) bond motifs is 5. The van der Waals surface area contributed by atoms with Crippen LogP contribution in [0.3, 0.4) is 0 Å². The van der Waals surface area contributed by atoms with Gasteiger partial charge in [0.25, 0.3) is 0 Å². The van der Waals surface area contributed by atoms with Crippen LogP contribution in [-0.2, 0) is 9.59 Å². The first-order valence-electron chi connectivity index (χ1n) is 9.80. The van der Waals surface area contributed by atoms with Crippen molar-refractivity contribution in [2.45, 2.75) is 77.4 Å². The maximum atomic E-state index is 12.3. The number of ketones is 2. The van der Waals surface area contributed by atoms with Crippen molar-refractivity contribution < 1.29 is 19.8 Å². The predicted molar refractivity (Wildman–Crippen MR) is 93.7 cm³/mol. The summed E-state index contributed by atoms with van der Waals surface area (Å²) in [5.41, 5.74) is -0.902. The van der Waals surface area contributed by atoms with Crippen LogP contribution in [0.1, 0.15) is 65.7 Å². The van der Waals surface area contributed by atoms with E-state index in [1.807, 2.05) is 13.0 Å². The summed E-state index contributed by atoms with van der Waals surface area (Å²) in [5.74, 6) is 0.950. The minimum absolute atomic E-state index is 0.0178. The topological polar surface area (TPSA) is 74.6 Å². The number of hydrogen-bond donors (Lipinski definition) is 2. The third kappa shape index (κ3) is 2.01. The molecule has 0 aromatic rings. The Balaban J connectivity index is 1.75. The van der Waals surface area contributed by atoms with E-state index in [0.29, 0.717) is 31.1 Å². The lowest BCUT2D eigenvalue weighted by atomic mass is 9.45. The summed E-state index contributed by atoms with van der Waals surface area (Å²) in [6, 6.07) is 0. The molecule has 4 nitrogen and oxygen atoms in total. The maximum Gasteiger partial charge on any atom is 0.161 e. The Hall–Kier alpha value is -1.00. The van der Waals surface area contributed by atoms with Gasteiger partial charge >= 0.3 is 0 Å². The molecule has 0 saturated heterocycles. The van der Waals surface area contributed by atoms with E-state index < -0.39 is 17.1 Å². The van der Waals surface area contributed by atoms with Crippen molar-refractivity contribution in [1.82, 2.24) is 0 Å². The zero-order valence-electron chi connectivity index (χ0n) is 15.5. The van der Waals surface area contributed by atoms with E-state index in [2.05, 4.69) is 6.92 Å². The van der Waals surface area contributed by atoms with Crippen molar-refractivity contribution >= 4 is 11.6 Å². The number of carbonyl (C=O) groups excluding carboxylic acids is 2. The third-order valence-corrected chi connectivity index (χ3v) is 8.79. The zero-order chi connectivity index (χ0) is 18.2. The van der Waals surface area contributed by atoms with Crippen LogP contribution in [0, 0.1) is 28.6 Å². The number of Topliss-reactive ketones (excluding diaryl/α,β-unsaturated/α-hetero) is 1. The monoisotopic (exact) mass is 346 g/mol. The van der Waals surface area contributed by atoms with E-state index in [0.717, 1.165) is 25.7 Å². The maximum absolute atomic E-state index is 12.3. The summed E-state index contributed by atoms with van der Waals surface area (Å²) < 4.78 is 0. The average Bonchev–Trinajstić information content (AvgIpc) is 2.84. The van der Waals surface area contributed by atoms with Crippen LogP contribution >= 0.6 is 0 Å². The lowest BCUT2D eigenvalue weighted by Crippen LogP contribution is -2.63. The van der Waals surface area contributed by atoms with Gasteiger partial charge in [0.15, 0.2) is 11.6 Å². The minimum Gasteiger partial charge on any atom is -0.392 e. The highest BCUT2D eigenvalue weighted by Gasteiger charge is 2.68. The molecule has 4 heteroatoms. The smallest absolute Gasteiger partial charge is 0.161 e. The molecule has 4 aliphatic carbocycles. The number of rotatable bonds is 1. The van der Waals surface area contributed by atoms with Gasteiger partial charge in [-0.25, -0.2) is 0 Å². The molecule has 0 unspecified atom stereocenters. The number of allylic oxidation sites excluding steroid dienone is 1. The lowest BCUT2D eigenvalue weighted by molar-refractivity contribution is -0.192. The summed E-state index contributed by atoms with van der Waals surface area (Å²) in [6.45, 7) is 5.66. The molecule has 3 fully saturated rings. The van der Waals surface area contributed by atoms with Gasteiger partial charge in [0.05, 0.1) is 6.10 Å². The molecule has 138 valence electrons. The van der Waals surface area contributed by atoms with Crippen LogP contribution in [0.25, 0.3) is 0 Å². The molecule has 4 aliphatic rings. The van der Waals surface area contributed by atoms with Gasteiger partial charge < -0.3 is 10.2 Å². The highest BCUT2D eigenvalue weighted by molar-refractivity contribution is 5.91. The standard InChI is InChI=1S/C21H30O4/c1-12(22)21(25)9-7-16-15-5-4-13-10-14(23)6-8-19(13,2)17(15)11-18(24)20(16,21)3/h10,15-18,24-25H,4-9,11H2,1-3H3/t15-,16-,17-,18+,19-,20+,21-/m0/s1. The molecule has 0 bridgehead atoms. The fourth-order valence-electron chi connectivity index (χ4n) is 7.13. The molecule has 3 saturated carbocycles. The van der Waals surface area contributed by atoms with E-state index in [4.69, 9.17) is 0 Å². The van der Waals surface area contributed by atoms with Gasteiger partial charge in [0, 0.05) is 11.8 Å². The largest absolute Gasteiger partial charge is 0.392 e. The second-order valence-corrected chi connectivity index (χ2v) is 9.46. The van der Waals surface area contributed by atoms with Crippen molar-refractivity contribution in [2.75, 3.05) is 0 Å². The molecule has 25 heavy (non-hydrogen) atoms. The van der Waals surface area contributed by atoms with Gasteiger partial charge in [-0.2, -0.15) is 0 Å². The van der Waals surface area contributed by atoms with E-state index in [-0.39, 0.29) is 22.9 Å². The first-order chi connectivity index (χ1) is 11.6. The summed E-state index contributed by atoms with van der Waals surface area (Å²) >= 11 is 0. The summed E-state index contributed by atoms with van der Waals surface area (Å²) in [7, 11) is 0. The van der Waals surface area contributed by atoms with Crippen LogP contribution in [0.15, 0.2) is 11.6 Å². The summed E-state index contributed by atoms with van der Waals surface area (Å²) in [4.78, 5) is 24.1. The highest BCUT2D eigenvalue weighted by atomic mass is 16.3. The van der Waals surface area contributed by atoms with E-state index in [9.17, 15) is 19.8 Å². The molecule has 0 aromatic carbocycles. The SMILES string of the molecule is CC(=O)[C@@]1(O)CC[C@H]2[C@@H]3CCC4=CC(=O)CC[C@]4(C)[C@H]3C[C@@H](O)[C@@]21C. The third-order valence-electron chi connectivity index (χ3n) is 8.79. The Kier molecular flexibility index (Phi) is 3.66. The Labute approximate surface area is 149 Å². The minimum atomic E-state index is -1.40. The molecule has 0 aliphatic heterocycles. The lowest BCUT2D eigenvalue weighted by Gasteiger charge is -2.60. The Morgan fingerprint density at radius 3 is 2.56 bits per heavy atom. The second kappa shape index (κ2) is 5.26. The van der Waals surface area contributed by atoms with Gasteiger partial charge in [-0.05, 0) is 74.7 Å². The normalized spacial score (nSPS) is 52.0. The van der Waals surface area contributed by atoms with Gasteiger partial charge in [0.1, 0.15) is 5.60 Å². The van der Waals surface area contributed by atoms with Crippen LogP contribution in [0.2, 0.25) is 0 Å². The van der Waals surface area contributed by atoms with E-state index in [1.54, 1.807) is 0 Å². The molecule has 4 rings (SSSR count). The molecule has 0 radical (unpaired) electrons. The average molecular weight is 346 g/mol. The fourth-order valence-corrected chi connectivity index (χ4v) is 7.13. The van der Waals surface area contributed by atoms with Gasteiger partial charge in [-0.15, -0.1) is 0 Å². The van der Waals surface area contributed by atoms with E-state index in [1.165, 1.54) is 12.5 Å². The van der Waals surface area contributed by atoms with Crippen molar-refractivity contribution in [2.24, 2.45) is 28.6 Å². The summed E-state index contributed by atoms with van der Waals surface area (Å²) in [6.07, 6.45) is 6.47. The van der Waals surface area contributed by atoms with Gasteiger partial charge in [0.2, 0.25) is 0 Å². The Morgan fingerprint density at radius 1 is 1.16 bits per heavy atom. The van der Waals surface area contributed by atoms with Gasteiger partial charge in [-0.3, -0.25) is 9.59 Å². The molecule has 0 aromatic heterocycles. The fraction of sp³-hybridized carbons (Fsp3) is 0.810. The van der Waals surface area contributed by atoms with Crippen LogP contribution in [0.4, 0.5) is 0 Å². The molecule has 0 amide bonds. The first-order valence-corrected chi connectivity index (χ1v) is 9.80. The number of aliphatic hydroxyl groups excluding tert-OH is 1. The second-order valence-electron chi connectivity index (χ2n) is 9.46. The predicted octanol–water partition coefficient (Wildman–Crippen LogP) is 2.81. The van der Waals surface area contributed by atoms with Crippen molar-refractivity contribution in [3.05, 3.63) is 11.6 Å². The Bertz CT molecular complexity index is 667. The number of carbonyl (C=O) groups is 2. The van der Waals surface area contributed by atoms with Gasteiger partial charge in [-0.1, -0.05) is 19.4 Å². The number of aliphatic hydroxyl groups is 2. The zero-order valence-corrected chi connectivity index (χ0v) is 15.5. The van der Waals surface area contributed by atoms with Crippen molar-refractivity contribution in [3.8, 4) is 0 Å². The quantitative estimate of drug-likeness (QED) is 0.766. The summed E-state index contributed by atoms with van der Waals surface area (Å²) in [5, 5.41) is 22.3. The molecule has 0 spiro atoms. The van der Waals surface area contributed by atoms with Crippen LogP contribution < -0.4 is 0 Å². The molecule has 0 heterocycles. The van der Waals surface area contributed by atoms with Crippen LogP contribution in [0.5, 0.6) is 0 Å². The van der Waals surface area contributed by atoms with Crippen molar-refractivity contribution in [3.63, 3.8) is 0 Å². The van der Waals surface area contributed by atoms with E-state index >= 15 is 0 Å². The molecular formula is C21H30O4. The van der Waals surface area contributed by atoms with Crippen LogP contribution in [-0.4, -0.2) is 33.5 Å². The molecule has 2 N–H and O–H groups in total. The number of hydrogen-bond acceptors (Lipinski definition) is 4. The highest BCUT2D eigenvalue weighted by Crippen LogP contribution is 2.67. The molecular weight excluding hydrogens is 316 g/mol. The Morgan fingerprint density at radius 2 is 1.88 bits per heavy atom. The molecule has 7 atom stereocenters. The van der Waals surface area contributed by atoms with Crippen molar-refractivity contribution in [1.29, 1.82) is 0 Å². The first kappa shape index (κ1) is 17.4.